The molecule has 1 saturated carbocycles. The normalized spacial score (nSPS) is 21.4. The molecular weight excluding hydrogens is 374 g/mol. The molecule has 4 rings (SSSR count). The monoisotopic (exact) mass is 397 g/mol. The number of hydrogen-bond acceptors (Lipinski definition) is 3. The predicted molar refractivity (Wildman–Crippen MR) is 112 cm³/mol. The average Bonchev–Trinajstić information content (AvgIpc) is 3.50. The van der Waals surface area contributed by atoms with E-state index >= 15 is 0 Å². The summed E-state index contributed by atoms with van der Waals surface area (Å²) < 4.78 is 0. The molecule has 2 amide bonds. The molecule has 0 spiro atoms. The molecule has 1 saturated heterocycles. The van der Waals surface area contributed by atoms with Gasteiger partial charge in [-0.2, -0.15) is 0 Å². The van der Waals surface area contributed by atoms with E-state index in [-0.39, 0.29) is 23.7 Å². The third kappa shape index (κ3) is 4.14. The Bertz CT molecular complexity index is 876. The van der Waals surface area contributed by atoms with Gasteiger partial charge in [0.05, 0.1) is 11.8 Å². The number of amides is 2. The number of piperazine rings is 1. The second-order valence-electron chi connectivity index (χ2n) is 7.60. The summed E-state index contributed by atoms with van der Waals surface area (Å²) in [6.07, 6.45) is 0.644. The van der Waals surface area contributed by atoms with Gasteiger partial charge in [-0.1, -0.05) is 35.4 Å². The lowest BCUT2D eigenvalue weighted by atomic mass is 10.2. The van der Waals surface area contributed by atoms with Gasteiger partial charge in [0.25, 0.3) is 0 Å². The van der Waals surface area contributed by atoms with Crippen LogP contribution in [0, 0.1) is 18.8 Å². The molecule has 0 bridgehead atoms. The van der Waals surface area contributed by atoms with Gasteiger partial charge >= 0.3 is 0 Å². The Balaban J connectivity index is 1.28. The third-order valence-corrected chi connectivity index (χ3v) is 5.76. The minimum absolute atomic E-state index is 0.0558. The summed E-state index contributed by atoms with van der Waals surface area (Å²) in [5.41, 5.74) is 3.01. The number of benzene rings is 2. The summed E-state index contributed by atoms with van der Waals surface area (Å²) in [6.45, 7) is 4.91. The molecule has 28 heavy (non-hydrogen) atoms. The molecular formula is C22H24ClN3O2. The van der Waals surface area contributed by atoms with Gasteiger partial charge in [0.2, 0.25) is 11.8 Å². The van der Waals surface area contributed by atoms with Crippen LogP contribution in [0.1, 0.15) is 12.0 Å². The van der Waals surface area contributed by atoms with Crippen molar-refractivity contribution in [1.82, 2.24) is 4.90 Å². The number of carbonyl (C=O) groups excluding carboxylic acids is 2. The van der Waals surface area contributed by atoms with Gasteiger partial charge in [0.1, 0.15) is 0 Å². The molecule has 146 valence electrons. The molecule has 2 aliphatic rings. The van der Waals surface area contributed by atoms with E-state index in [9.17, 15) is 9.59 Å². The topological polar surface area (TPSA) is 52.7 Å². The van der Waals surface area contributed by atoms with Gasteiger partial charge in [-0.15, -0.1) is 0 Å². The molecule has 0 aromatic heterocycles. The minimum Gasteiger partial charge on any atom is -0.368 e. The fourth-order valence-electron chi connectivity index (χ4n) is 3.72. The van der Waals surface area contributed by atoms with Crippen molar-refractivity contribution < 1.29 is 9.59 Å². The average molecular weight is 398 g/mol. The fraction of sp³-hybridized carbons (Fsp3) is 0.364. The van der Waals surface area contributed by atoms with Crippen molar-refractivity contribution in [3.05, 3.63) is 59.1 Å². The van der Waals surface area contributed by atoms with Crippen LogP contribution in [0.15, 0.2) is 48.5 Å². The summed E-state index contributed by atoms with van der Waals surface area (Å²) in [7, 11) is 0. The van der Waals surface area contributed by atoms with Crippen LogP contribution in [0.25, 0.3) is 0 Å². The van der Waals surface area contributed by atoms with Crippen LogP contribution in [-0.4, -0.2) is 42.9 Å². The van der Waals surface area contributed by atoms with Crippen molar-refractivity contribution >= 4 is 34.8 Å². The van der Waals surface area contributed by atoms with E-state index in [1.165, 1.54) is 0 Å². The highest BCUT2D eigenvalue weighted by molar-refractivity contribution is 6.30. The van der Waals surface area contributed by atoms with Crippen LogP contribution in [0.2, 0.25) is 5.02 Å². The van der Waals surface area contributed by atoms with Crippen LogP contribution in [0.4, 0.5) is 11.4 Å². The number of halogens is 1. The molecule has 2 fully saturated rings. The van der Waals surface area contributed by atoms with Crippen molar-refractivity contribution in [3.8, 4) is 0 Å². The van der Waals surface area contributed by atoms with E-state index in [2.05, 4.69) is 10.2 Å². The number of nitrogens with one attached hydrogen (secondary N) is 1. The van der Waals surface area contributed by atoms with Gasteiger partial charge in [0.15, 0.2) is 0 Å². The predicted octanol–water partition coefficient (Wildman–Crippen LogP) is 3.57. The molecule has 2 aromatic carbocycles. The first-order chi connectivity index (χ1) is 13.5. The maximum atomic E-state index is 12.8. The fourth-order valence-corrected chi connectivity index (χ4v) is 3.91. The van der Waals surface area contributed by atoms with Gasteiger partial charge in [0, 0.05) is 42.6 Å². The van der Waals surface area contributed by atoms with E-state index < -0.39 is 0 Å². The summed E-state index contributed by atoms with van der Waals surface area (Å²) >= 11 is 6.08. The molecule has 5 nitrogen and oxygen atoms in total. The highest BCUT2D eigenvalue weighted by atomic mass is 35.5. The van der Waals surface area contributed by atoms with Gasteiger partial charge < -0.3 is 15.1 Å². The first-order valence-electron chi connectivity index (χ1n) is 9.68. The van der Waals surface area contributed by atoms with Crippen LogP contribution >= 0.6 is 11.6 Å². The van der Waals surface area contributed by atoms with E-state index in [1.54, 1.807) is 0 Å². The Morgan fingerprint density at radius 2 is 1.71 bits per heavy atom. The molecule has 6 heteroatoms. The summed E-state index contributed by atoms with van der Waals surface area (Å²) in [4.78, 5) is 29.3. The minimum atomic E-state index is -0.209. The van der Waals surface area contributed by atoms with Crippen LogP contribution in [0.5, 0.6) is 0 Å². The molecule has 1 aliphatic carbocycles. The Morgan fingerprint density at radius 1 is 1.00 bits per heavy atom. The number of anilines is 2. The molecule has 0 radical (unpaired) electrons. The first-order valence-corrected chi connectivity index (χ1v) is 10.1. The smallest absolute Gasteiger partial charge is 0.228 e. The number of nitrogens with zero attached hydrogens (tertiary/aromatic N) is 2. The van der Waals surface area contributed by atoms with Gasteiger partial charge in [-0.05, 0) is 43.7 Å². The summed E-state index contributed by atoms with van der Waals surface area (Å²) in [5.74, 6) is -0.336. The maximum Gasteiger partial charge on any atom is 0.228 e. The van der Waals surface area contributed by atoms with E-state index in [1.807, 2.05) is 60.4 Å². The number of rotatable bonds is 4. The highest BCUT2D eigenvalue weighted by Crippen LogP contribution is 2.41. The second-order valence-corrected chi connectivity index (χ2v) is 8.03. The zero-order valence-electron chi connectivity index (χ0n) is 15.9. The number of aryl methyl sites for hydroxylation is 1. The van der Waals surface area contributed by atoms with E-state index in [0.29, 0.717) is 19.5 Å². The second kappa shape index (κ2) is 7.84. The Labute approximate surface area is 170 Å². The summed E-state index contributed by atoms with van der Waals surface area (Å²) in [6, 6.07) is 15.5. The Hall–Kier alpha value is -2.53. The number of hydrogen-bond donors (Lipinski definition) is 1. The highest BCUT2D eigenvalue weighted by Gasteiger charge is 2.49. The van der Waals surface area contributed by atoms with E-state index in [4.69, 9.17) is 11.6 Å². The number of carbonyl (C=O) groups is 2. The molecule has 2 aromatic rings. The van der Waals surface area contributed by atoms with Crippen molar-refractivity contribution in [2.45, 2.75) is 13.3 Å². The Kier molecular flexibility index (Phi) is 5.27. The van der Waals surface area contributed by atoms with Crippen LogP contribution in [-0.2, 0) is 9.59 Å². The van der Waals surface area contributed by atoms with Gasteiger partial charge in [-0.25, -0.2) is 0 Å². The quantitative estimate of drug-likeness (QED) is 0.858. The molecule has 2 atom stereocenters. The zero-order valence-corrected chi connectivity index (χ0v) is 16.7. The van der Waals surface area contributed by atoms with Crippen molar-refractivity contribution in [2.75, 3.05) is 36.4 Å². The van der Waals surface area contributed by atoms with E-state index in [0.717, 1.165) is 35.1 Å². The molecule has 1 heterocycles. The van der Waals surface area contributed by atoms with Crippen molar-refractivity contribution in [2.24, 2.45) is 11.8 Å². The first kappa shape index (κ1) is 18.8. The summed E-state index contributed by atoms with van der Waals surface area (Å²) in [5, 5.41) is 3.64. The molecule has 1 aliphatic heterocycles. The lowest BCUT2D eigenvalue weighted by molar-refractivity contribution is -0.134. The van der Waals surface area contributed by atoms with Crippen LogP contribution in [0.3, 0.4) is 0 Å². The lowest BCUT2D eigenvalue weighted by Crippen LogP contribution is -2.49. The molecule has 1 N–H and O–H groups in total. The maximum absolute atomic E-state index is 12.8. The van der Waals surface area contributed by atoms with Crippen molar-refractivity contribution in [3.63, 3.8) is 0 Å². The third-order valence-electron chi connectivity index (χ3n) is 5.53. The zero-order chi connectivity index (χ0) is 19.7. The van der Waals surface area contributed by atoms with Crippen LogP contribution < -0.4 is 10.2 Å². The largest absolute Gasteiger partial charge is 0.368 e. The van der Waals surface area contributed by atoms with Crippen molar-refractivity contribution in [1.29, 1.82) is 0 Å². The SMILES string of the molecule is Cc1ccc(NC(=O)C2CC2C(=O)N2CCN(c3cccc(Cl)c3)CC2)cc1. The molecule has 2 unspecified atom stereocenters. The standard InChI is InChI=1S/C22H24ClN3O2/c1-15-5-7-17(8-6-15)24-21(27)19-14-20(19)22(28)26-11-9-25(10-12-26)18-4-2-3-16(23)13-18/h2-8,13,19-20H,9-12,14H2,1H3,(H,24,27). The van der Waals surface area contributed by atoms with Gasteiger partial charge in [-0.3, -0.25) is 9.59 Å². The lowest BCUT2D eigenvalue weighted by Gasteiger charge is -2.36. The Morgan fingerprint density at radius 3 is 2.39 bits per heavy atom.